The highest BCUT2D eigenvalue weighted by Gasteiger charge is 2.42. The van der Waals surface area contributed by atoms with Crippen molar-refractivity contribution in [1.82, 2.24) is 4.98 Å². The molecule has 2 rings (SSSR count). The van der Waals surface area contributed by atoms with Crippen molar-refractivity contribution in [1.29, 1.82) is 5.26 Å². The average Bonchev–Trinajstić information content (AvgIpc) is 2.96. The molecule has 0 aromatic carbocycles. The van der Waals surface area contributed by atoms with Crippen LogP contribution in [0.4, 0.5) is 18.3 Å². The highest BCUT2D eigenvalue weighted by molar-refractivity contribution is 7.13. The first-order chi connectivity index (χ1) is 8.87. The third kappa shape index (κ3) is 2.71. The summed E-state index contributed by atoms with van der Waals surface area (Å²) in [4.78, 5) is 15.3. The first-order valence-corrected chi connectivity index (χ1v) is 6.51. The Bertz CT molecular complexity index is 526. The number of anilines is 1. The molecule has 1 amide bonds. The molecule has 0 unspecified atom stereocenters. The molecule has 19 heavy (non-hydrogen) atoms. The zero-order valence-corrected chi connectivity index (χ0v) is 10.6. The Labute approximate surface area is 111 Å². The molecule has 0 atom stereocenters. The summed E-state index contributed by atoms with van der Waals surface area (Å²) in [6.07, 6.45) is -2.11. The Balaban J connectivity index is 2.11. The van der Waals surface area contributed by atoms with Crippen molar-refractivity contribution in [3.05, 3.63) is 11.1 Å². The fraction of sp³-hybridized carbons (Fsp3) is 0.545. The smallest absolute Gasteiger partial charge is 0.301 e. The minimum atomic E-state index is -4.53. The van der Waals surface area contributed by atoms with E-state index in [1.807, 2.05) is 6.07 Å². The number of thiazole rings is 1. The third-order valence-corrected chi connectivity index (χ3v) is 3.88. The number of carbonyl (C=O) groups is 1. The molecule has 0 aliphatic heterocycles. The predicted octanol–water partition coefficient (Wildman–Crippen LogP) is 3.18. The molecule has 1 fully saturated rings. The second-order valence-corrected chi connectivity index (χ2v) is 5.25. The lowest BCUT2D eigenvalue weighted by atomic mass is 9.87. The number of rotatable bonds is 2. The van der Waals surface area contributed by atoms with Crippen molar-refractivity contribution in [3.63, 3.8) is 0 Å². The summed E-state index contributed by atoms with van der Waals surface area (Å²) in [5, 5.41) is 12.1. The van der Waals surface area contributed by atoms with Crippen LogP contribution < -0.4 is 5.32 Å². The van der Waals surface area contributed by atoms with Gasteiger partial charge in [0.1, 0.15) is 5.41 Å². The second kappa shape index (κ2) is 4.81. The van der Waals surface area contributed by atoms with Crippen LogP contribution in [0.5, 0.6) is 0 Å². The molecule has 1 aliphatic carbocycles. The van der Waals surface area contributed by atoms with Crippen molar-refractivity contribution in [3.8, 4) is 6.07 Å². The number of hydrogen-bond donors (Lipinski definition) is 1. The highest BCUT2D eigenvalue weighted by atomic mass is 32.1. The van der Waals surface area contributed by atoms with Gasteiger partial charge in [-0.15, -0.1) is 11.3 Å². The molecule has 1 saturated carbocycles. The van der Waals surface area contributed by atoms with E-state index < -0.39 is 23.2 Å². The maximum atomic E-state index is 12.4. The Kier molecular flexibility index (Phi) is 3.49. The van der Waals surface area contributed by atoms with Gasteiger partial charge in [-0.05, 0) is 12.8 Å². The predicted molar refractivity (Wildman–Crippen MR) is 62.3 cm³/mol. The molecule has 0 saturated heterocycles. The van der Waals surface area contributed by atoms with Crippen LogP contribution in [0.15, 0.2) is 5.38 Å². The number of aromatic nitrogens is 1. The number of halogens is 3. The molecule has 8 heteroatoms. The first kappa shape index (κ1) is 13.8. The molecular formula is C11H10F3N3OS. The van der Waals surface area contributed by atoms with Crippen LogP contribution >= 0.6 is 11.3 Å². The van der Waals surface area contributed by atoms with Crippen molar-refractivity contribution in [2.24, 2.45) is 5.41 Å². The van der Waals surface area contributed by atoms with Crippen LogP contribution in [-0.2, 0) is 11.0 Å². The molecule has 1 aromatic heterocycles. The maximum absolute atomic E-state index is 12.4. The van der Waals surface area contributed by atoms with E-state index in [-0.39, 0.29) is 5.13 Å². The van der Waals surface area contributed by atoms with Gasteiger partial charge in [-0.25, -0.2) is 4.98 Å². The summed E-state index contributed by atoms with van der Waals surface area (Å²) in [7, 11) is 0. The summed E-state index contributed by atoms with van der Waals surface area (Å²) in [6, 6.07) is 1.98. The van der Waals surface area contributed by atoms with Gasteiger partial charge in [0.05, 0.1) is 6.07 Å². The number of alkyl halides is 3. The standard InChI is InChI=1S/C11H10F3N3OS/c12-11(13,14)7-5-19-9(16-7)17-8(18)10(6-15)3-1-2-4-10/h5H,1-4H2,(H,16,17,18). The molecule has 1 aliphatic rings. The lowest BCUT2D eigenvalue weighted by Gasteiger charge is -2.17. The van der Waals surface area contributed by atoms with Gasteiger partial charge in [-0.2, -0.15) is 18.4 Å². The third-order valence-electron chi connectivity index (χ3n) is 3.12. The van der Waals surface area contributed by atoms with Crippen LogP contribution in [0.3, 0.4) is 0 Å². The van der Waals surface area contributed by atoms with E-state index in [1.54, 1.807) is 0 Å². The van der Waals surface area contributed by atoms with Crippen LogP contribution in [0.2, 0.25) is 0 Å². The molecule has 0 spiro atoms. The van der Waals surface area contributed by atoms with E-state index in [4.69, 9.17) is 5.26 Å². The quantitative estimate of drug-likeness (QED) is 0.909. The number of amides is 1. The van der Waals surface area contributed by atoms with Gasteiger partial charge in [0, 0.05) is 5.38 Å². The Morgan fingerprint density at radius 1 is 1.47 bits per heavy atom. The zero-order valence-electron chi connectivity index (χ0n) is 9.75. The summed E-state index contributed by atoms with van der Waals surface area (Å²) >= 11 is 0.700. The maximum Gasteiger partial charge on any atom is 0.434 e. The molecule has 0 bridgehead atoms. The van der Waals surface area contributed by atoms with E-state index in [0.29, 0.717) is 24.2 Å². The number of hydrogen-bond acceptors (Lipinski definition) is 4. The topological polar surface area (TPSA) is 65.8 Å². The number of nitrogens with one attached hydrogen (secondary N) is 1. The van der Waals surface area contributed by atoms with Gasteiger partial charge < -0.3 is 5.32 Å². The molecule has 0 radical (unpaired) electrons. The monoisotopic (exact) mass is 289 g/mol. The Morgan fingerprint density at radius 2 is 2.11 bits per heavy atom. The van der Waals surface area contributed by atoms with Gasteiger partial charge in [-0.3, -0.25) is 4.79 Å². The van der Waals surface area contributed by atoms with Crippen LogP contribution in [0.25, 0.3) is 0 Å². The molecule has 4 nitrogen and oxygen atoms in total. The van der Waals surface area contributed by atoms with E-state index in [1.165, 1.54) is 0 Å². The zero-order chi connectivity index (χ0) is 14.1. The minimum absolute atomic E-state index is 0.126. The second-order valence-electron chi connectivity index (χ2n) is 4.39. The van der Waals surface area contributed by atoms with Crippen molar-refractivity contribution >= 4 is 22.4 Å². The van der Waals surface area contributed by atoms with Crippen molar-refractivity contribution < 1.29 is 18.0 Å². The number of carbonyl (C=O) groups excluding carboxylic acids is 1. The van der Waals surface area contributed by atoms with Gasteiger partial charge in [0.15, 0.2) is 10.8 Å². The summed E-state index contributed by atoms with van der Waals surface area (Å²) in [5.74, 6) is -0.560. The average molecular weight is 289 g/mol. The molecular weight excluding hydrogens is 279 g/mol. The van der Waals surface area contributed by atoms with E-state index >= 15 is 0 Å². The van der Waals surface area contributed by atoms with Crippen molar-refractivity contribution in [2.75, 3.05) is 5.32 Å². The lowest BCUT2D eigenvalue weighted by Crippen LogP contribution is -2.32. The molecule has 1 N–H and O–H groups in total. The number of nitrogens with zero attached hydrogens (tertiary/aromatic N) is 2. The molecule has 1 heterocycles. The summed E-state index contributed by atoms with van der Waals surface area (Å²) in [6.45, 7) is 0. The summed E-state index contributed by atoms with van der Waals surface area (Å²) < 4.78 is 37.1. The Morgan fingerprint density at radius 3 is 2.58 bits per heavy atom. The van der Waals surface area contributed by atoms with Gasteiger partial charge >= 0.3 is 6.18 Å². The lowest BCUT2D eigenvalue weighted by molar-refractivity contribution is -0.140. The number of nitriles is 1. The van der Waals surface area contributed by atoms with Crippen LogP contribution in [0.1, 0.15) is 31.4 Å². The van der Waals surface area contributed by atoms with E-state index in [9.17, 15) is 18.0 Å². The highest BCUT2D eigenvalue weighted by Crippen LogP contribution is 2.39. The van der Waals surface area contributed by atoms with E-state index in [2.05, 4.69) is 10.3 Å². The molecule has 1 aromatic rings. The fourth-order valence-corrected chi connectivity index (χ4v) is 2.76. The summed E-state index contributed by atoms with van der Waals surface area (Å²) in [5.41, 5.74) is -2.16. The van der Waals surface area contributed by atoms with Crippen LogP contribution in [0, 0.1) is 16.7 Å². The van der Waals surface area contributed by atoms with Gasteiger partial charge in [-0.1, -0.05) is 12.8 Å². The fourth-order valence-electron chi connectivity index (χ4n) is 2.05. The largest absolute Gasteiger partial charge is 0.434 e. The normalized spacial score (nSPS) is 18.0. The van der Waals surface area contributed by atoms with Gasteiger partial charge in [0.2, 0.25) is 5.91 Å². The SMILES string of the molecule is N#CC1(C(=O)Nc2nc(C(F)(F)F)cs2)CCCC1. The molecule has 102 valence electrons. The van der Waals surface area contributed by atoms with Crippen molar-refractivity contribution in [2.45, 2.75) is 31.9 Å². The van der Waals surface area contributed by atoms with E-state index in [0.717, 1.165) is 18.2 Å². The first-order valence-electron chi connectivity index (χ1n) is 5.63. The van der Waals surface area contributed by atoms with Crippen LogP contribution in [-0.4, -0.2) is 10.9 Å². The minimum Gasteiger partial charge on any atom is -0.301 e. The Hall–Kier alpha value is -1.62. The van der Waals surface area contributed by atoms with Gasteiger partial charge in [0.25, 0.3) is 0 Å².